The molecule has 19 heavy (non-hydrogen) atoms. The Kier molecular flexibility index (Phi) is 5.23. The fourth-order valence-corrected chi connectivity index (χ4v) is 1.48. The Morgan fingerprint density at radius 1 is 1.21 bits per heavy atom. The van der Waals surface area contributed by atoms with Gasteiger partial charge in [-0.2, -0.15) is 0 Å². The minimum absolute atomic E-state index is 0.0319. The van der Waals surface area contributed by atoms with Crippen molar-refractivity contribution < 1.29 is 19.1 Å². The third kappa shape index (κ3) is 4.54. The lowest BCUT2D eigenvalue weighted by Crippen LogP contribution is -2.39. The number of hydrogen-bond acceptors (Lipinski definition) is 4. The summed E-state index contributed by atoms with van der Waals surface area (Å²) < 4.78 is 5.08. The topological polar surface area (TPSA) is 72.5 Å². The summed E-state index contributed by atoms with van der Waals surface area (Å²) in [7, 11) is 0. The van der Waals surface area contributed by atoms with Crippen molar-refractivity contribution in [2.24, 2.45) is 0 Å². The van der Waals surface area contributed by atoms with E-state index in [1.807, 2.05) is 0 Å². The number of carbonyl (C=O) groups excluding carboxylic acids is 3. The van der Waals surface area contributed by atoms with E-state index in [1.165, 1.54) is 6.92 Å². The number of ketones is 1. The van der Waals surface area contributed by atoms with Gasteiger partial charge in [-0.1, -0.05) is 6.92 Å². The van der Waals surface area contributed by atoms with Crippen LogP contribution < -0.4 is 10.1 Å². The Balaban J connectivity index is 2.65. The van der Waals surface area contributed by atoms with Crippen LogP contribution in [0, 0.1) is 0 Å². The summed E-state index contributed by atoms with van der Waals surface area (Å²) in [5.74, 6) is -0.475. The van der Waals surface area contributed by atoms with E-state index < -0.39 is 12.0 Å². The van der Waals surface area contributed by atoms with E-state index >= 15 is 0 Å². The molecule has 1 unspecified atom stereocenters. The van der Waals surface area contributed by atoms with E-state index in [9.17, 15) is 14.4 Å². The summed E-state index contributed by atoms with van der Waals surface area (Å²) in [6.45, 7) is 4.65. The van der Waals surface area contributed by atoms with Crippen molar-refractivity contribution in [2.45, 2.75) is 33.2 Å². The predicted molar refractivity (Wildman–Crippen MR) is 70.0 cm³/mol. The van der Waals surface area contributed by atoms with Crippen molar-refractivity contribution in [3.63, 3.8) is 0 Å². The Hall–Kier alpha value is -2.17. The van der Waals surface area contributed by atoms with Gasteiger partial charge in [0.2, 0.25) is 5.91 Å². The molecule has 0 heterocycles. The fraction of sp³-hybridized carbons (Fsp3) is 0.357. The highest BCUT2D eigenvalue weighted by Gasteiger charge is 2.16. The molecule has 0 fully saturated rings. The Morgan fingerprint density at radius 3 is 2.26 bits per heavy atom. The van der Waals surface area contributed by atoms with Gasteiger partial charge in [0.05, 0.1) is 0 Å². The van der Waals surface area contributed by atoms with E-state index in [4.69, 9.17) is 4.74 Å². The van der Waals surface area contributed by atoms with Gasteiger partial charge in [-0.05, 0) is 31.2 Å². The van der Waals surface area contributed by atoms with Gasteiger partial charge in [-0.15, -0.1) is 0 Å². The van der Waals surface area contributed by atoms with E-state index in [1.54, 1.807) is 38.1 Å². The molecule has 1 atom stereocenters. The van der Waals surface area contributed by atoms with Crippen molar-refractivity contribution in [3.05, 3.63) is 29.8 Å². The monoisotopic (exact) mass is 263 g/mol. The first kappa shape index (κ1) is 14.9. The van der Waals surface area contributed by atoms with Gasteiger partial charge >= 0.3 is 5.97 Å². The van der Waals surface area contributed by atoms with Crippen molar-refractivity contribution >= 4 is 17.7 Å². The lowest BCUT2D eigenvalue weighted by molar-refractivity contribution is -0.138. The molecule has 0 saturated carbocycles. The van der Waals surface area contributed by atoms with Gasteiger partial charge < -0.3 is 10.1 Å². The molecule has 102 valence electrons. The van der Waals surface area contributed by atoms with Gasteiger partial charge in [0.15, 0.2) is 5.78 Å². The summed E-state index contributed by atoms with van der Waals surface area (Å²) in [5.41, 5.74) is 0.581. The van der Waals surface area contributed by atoms with Gasteiger partial charge in [-0.3, -0.25) is 9.59 Å². The average molecular weight is 263 g/mol. The first-order valence-electron chi connectivity index (χ1n) is 6.06. The minimum Gasteiger partial charge on any atom is -0.425 e. The van der Waals surface area contributed by atoms with E-state index in [2.05, 4.69) is 5.32 Å². The largest absolute Gasteiger partial charge is 0.425 e. The zero-order chi connectivity index (χ0) is 14.4. The van der Waals surface area contributed by atoms with Gasteiger partial charge in [0, 0.05) is 18.9 Å². The second-order valence-corrected chi connectivity index (χ2v) is 4.14. The molecule has 1 amide bonds. The number of ether oxygens (including phenoxy) is 1. The van der Waals surface area contributed by atoms with E-state index in [0.29, 0.717) is 17.7 Å². The van der Waals surface area contributed by atoms with E-state index in [0.717, 1.165) is 0 Å². The molecule has 5 nitrogen and oxygen atoms in total. The number of esters is 1. The van der Waals surface area contributed by atoms with Crippen molar-refractivity contribution in [1.29, 1.82) is 0 Å². The predicted octanol–water partition coefficient (Wildman–Crippen LogP) is 1.71. The number of nitrogens with one attached hydrogen (secondary N) is 1. The van der Waals surface area contributed by atoms with Crippen LogP contribution in [0.1, 0.15) is 37.6 Å². The van der Waals surface area contributed by atoms with Gasteiger partial charge in [0.1, 0.15) is 11.8 Å². The van der Waals surface area contributed by atoms with Crippen LogP contribution >= 0.6 is 0 Å². The fourth-order valence-electron chi connectivity index (χ4n) is 1.48. The van der Waals surface area contributed by atoms with Gasteiger partial charge in [-0.25, -0.2) is 4.79 Å². The average Bonchev–Trinajstić information content (AvgIpc) is 2.37. The SMILES string of the molecule is CCC(=O)c1ccc(OC(=O)C(C)NC(C)=O)cc1. The molecule has 0 spiro atoms. The third-order valence-electron chi connectivity index (χ3n) is 2.49. The lowest BCUT2D eigenvalue weighted by atomic mass is 10.1. The molecular formula is C14H17NO4. The van der Waals surface area contributed by atoms with Gasteiger partial charge in [0.25, 0.3) is 0 Å². The minimum atomic E-state index is -0.713. The zero-order valence-electron chi connectivity index (χ0n) is 11.2. The zero-order valence-corrected chi connectivity index (χ0v) is 11.2. The van der Waals surface area contributed by atoms with Crippen molar-refractivity contribution in [3.8, 4) is 5.75 Å². The molecule has 0 radical (unpaired) electrons. The van der Waals surface area contributed by atoms with Crippen LogP contribution in [0.25, 0.3) is 0 Å². The van der Waals surface area contributed by atoms with Crippen LogP contribution in [0.2, 0.25) is 0 Å². The third-order valence-corrected chi connectivity index (χ3v) is 2.49. The van der Waals surface area contributed by atoms with Crippen LogP contribution in [0.5, 0.6) is 5.75 Å². The maximum atomic E-state index is 11.6. The normalized spacial score (nSPS) is 11.5. The Morgan fingerprint density at radius 2 is 1.79 bits per heavy atom. The maximum Gasteiger partial charge on any atom is 0.333 e. The molecule has 0 aliphatic carbocycles. The number of hydrogen-bond donors (Lipinski definition) is 1. The first-order chi connectivity index (χ1) is 8.93. The first-order valence-corrected chi connectivity index (χ1v) is 6.06. The Labute approximate surface area is 111 Å². The molecule has 0 saturated heterocycles. The number of benzene rings is 1. The number of amides is 1. The number of Topliss-reactive ketones (excluding diaryl/α,β-unsaturated/α-hetero) is 1. The van der Waals surface area contributed by atoms with Crippen LogP contribution in [0.15, 0.2) is 24.3 Å². The summed E-state index contributed by atoms with van der Waals surface area (Å²) in [4.78, 5) is 33.8. The van der Waals surface area contributed by atoms with Crippen LogP contribution in [0.4, 0.5) is 0 Å². The second kappa shape index (κ2) is 6.68. The molecule has 1 N–H and O–H groups in total. The smallest absolute Gasteiger partial charge is 0.333 e. The molecule has 1 aromatic carbocycles. The highest BCUT2D eigenvalue weighted by Crippen LogP contribution is 2.14. The summed E-state index contributed by atoms with van der Waals surface area (Å²) in [5, 5.41) is 2.43. The quantitative estimate of drug-likeness (QED) is 0.498. The second-order valence-electron chi connectivity index (χ2n) is 4.14. The van der Waals surface area contributed by atoms with Crippen LogP contribution in [0.3, 0.4) is 0 Å². The highest BCUT2D eigenvalue weighted by molar-refractivity contribution is 5.96. The number of carbonyl (C=O) groups is 3. The summed E-state index contributed by atoms with van der Waals surface area (Å²) in [6.07, 6.45) is 0.429. The molecule has 0 aromatic heterocycles. The molecule has 1 aromatic rings. The molecule has 0 aliphatic heterocycles. The van der Waals surface area contributed by atoms with Crippen LogP contribution in [-0.4, -0.2) is 23.7 Å². The van der Waals surface area contributed by atoms with Crippen molar-refractivity contribution in [1.82, 2.24) is 5.32 Å². The molecule has 5 heteroatoms. The van der Waals surface area contributed by atoms with E-state index in [-0.39, 0.29) is 11.7 Å². The lowest BCUT2D eigenvalue weighted by Gasteiger charge is -2.11. The number of rotatable bonds is 5. The summed E-state index contributed by atoms with van der Waals surface area (Å²) >= 11 is 0. The van der Waals surface area contributed by atoms with Crippen molar-refractivity contribution in [2.75, 3.05) is 0 Å². The standard InChI is InChI=1S/C14H17NO4/c1-4-13(17)11-5-7-12(8-6-11)19-14(18)9(2)15-10(3)16/h5-9H,4H2,1-3H3,(H,15,16). The maximum absolute atomic E-state index is 11.6. The summed E-state index contributed by atoms with van der Waals surface area (Å²) in [6, 6.07) is 5.62. The molecule has 0 aliphatic rings. The molecule has 1 rings (SSSR count). The molecular weight excluding hydrogens is 246 g/mol. The molecule has 0 bridgehead atoms. The Bertz CT molecular complexity index is 479. The highest BCUT2D eigenvalue weighted by atomic mass is 16.5. The van der Waals surface area contributed by atoms with Crippen LogP contribution in [-0.2, 0) is 9.59 Å².